The number of para-hydroxylation sites is 1. The van der Waals surface area contributed by atoms with Crippen molar-refractivity contribution in [3.05, 3.63) is 106 Å². The highest BCUT2D eigenvalue weighted by atomic mass is 35.5. The van der Waals surface area contributed by atoms with Gasteiger partial charge in [-0.05, 0) is 23.8 Å². The number of methoxy groups -OCH3 is 1. The van der Waals surface area contributed by atoms with Crippen molar-refractivity contribution in [3.63, 3.8) is 0 Å². The zero-order valence-electron chi connectivity index (χ0n) is 16.8. The van der Waals surface area contributed by atoms with Crippen molar-refractivity contribution >= 4 is 29.1 Å². The third-order valence-electron chi connectivity index (χ3n) is 5.31. The van der Waals surface area contributed by atoms with E-state index >= 15 is 0 Å². The number of likely N-dealkylation sites (tertiary alicyclic amines) is 1. The van der Waals surface area contributed by atoms with Gasteiger partial charge in [0.2, 0.25) is 0 Å². The highest BCUT2D eigenvalue weighted by Gasteiger charge is 2.46. The molecule has 0 aromatic heterocycles. The number of ether oxygens (including phenoxy) is 1. The van der Waals surface area contributed by atoms with Crippen LogP contribution in [0, 0.1) is 0 Å². The van der Waals surface area contributed by atoms with Crippen LogP contribution in [0.2, 0.25) is 5.02 Å². The number of hydrogen-bond donors (Lipinski definition) is 1. The molecule has 1 amide bonds. The van der Waals surface area contributed by atoms with Gasteiger partial charge in [-0.3, -0.25) is 9.59 Å². The minimum absolute atomic E-state index is 0.0495. The summed E-state index contributed by atoms with van der Waals surface area (Å²) in [5.41, 5.74) is 1.95. The third kappa shape index (κ3) is 3.92. The summed E-state index contributed by atoms with van der Waals surface area (Å²) in [6.45, 7) is 0.146. The molecule has 3 aromatic carbocycles. The van der Waals surface area contributed by atoms with Crippen molar-refractivity contribution in [2.75, 3.05) is 7.11 Å². The standard InChI is InChI=1S/C25H20ClNO4/c1-31-20-10-6-5-9-18(20)15-27-22(16-11-13-19(26)14-12-16)21(24(29)25(27)30)23(28)17-7-3-2-4-8-17/h2-14,22,28H,15H2,1H3/b23-21+. The second-order valence-corrected chi connectivity index (χ2v) is 7.59. The third-order valence-corrected chi connectivity index (χ3v) is 5.56. The van der Waals surface area contributed by atoms with Gasteiger partial charge in [-0.25, -0.2) is 0 Å². The lowest BCUT2D eigenvalue weighted by atomic mass is 9.95. The van der Waals surface area contributed by atoms with E-state index in [-0.39, 0.29) is 17.9 Å². The van der Waals surface area contributed by atoms with E-state index < -0.39 is 17.7 Å². The summed E-state index contributed by atoms with van der Waals surface area (Å²) in [5.74, 6) is -0.997. The van der Waals surface area contributed by atoms with E-state index in [2.05, 4.69) is 0 Å². The Morgan fingerprint density at radius 3 is 2.29 bits per heavy atom. The lowest BCUT2D eigenvalue weighted by molar-refractivity contribution is -0.140. The Balaban J connectivity index is 1.86. The van der Waals surface area contributed by atoms with E-state index in [1.165, 1.54) is 4.90 Å². The molecule has 1 aliphatic rings. The summed E-state index contributed by atoms with van der Waals surface area (Å²) in [4.78, 5) is 27.6. The second kappa shape index (κ2) is 8.66. The molecule has 0 saturated carbocycles. The number of nitrogens with zero attached hydrogens (tertiary/aromatic N) is 1. The minimum atomic E-state index is -0.762. The van der Waals surface area contributed by atoms with E-state index in [0.29, 0.717) is 21.9 Å². The van der Waals surface area contributed by atoms with E-state index in [1.54, 1.807) is 61.7 Å². The summed E-state index contributed by atoms with van der Waals surface area (Å²) in [6, 6.07) is 22.2. The van der Waals surface area contributed by atoms with Crippen LogP contribution in [0.3, 0.4) is 0 Å². The fourth-order valence-electron chi connectivity index (χ4n) is 3.80. The molecule has 1 fully saturated rings. The number of amides is 1. The average molecular weight is 434 g/mol. The molecule has 1 N–H and O–H groups in total. The molecular formula is C25H20ClNO4. The highest BCUT2D eigenvalue weighted by molar-refractivity contribution is 6.46. The van der Waals surface area contributed by atoms with Crippen molar-refractivity contribution in [1.82, 2.24) is 4.90 Å². The normalized spacial score (nSPS) is 17.7. The van der Waals surface area contributed by atoms with Gasteiger partial charge < -0.3 is 14.7 Å². The molecular weight excluding hydrogens is 414 g/mol. The number of ketones is 1. The van der Waals surface area contributed by atoms with Crippen molar-refractivity contribution in [2.45, 2.75) is 12.6 Å². The van der Waals surface area contributed by atoms with Crippen molar-refractivity contribution in [1.29, 1.82) is 0 Å². The minimum Gasteiger partial charge on any atom is -0.507 e. The van der Waals surface area contributed by atoms with Crippen LogP contribution in [0.4, 0.5) is 0 Å². The molecule has 0 spiro atoms. The number of carbonyl (C=O) groups is 2. The van der Waals surface area contributed by atoms with Gasteiger partial charge in [0.15, 0.2) is 0 Å². The molecule has 5 nitrogen and oxygen atoms in total. The van der Waals surface area contributed by atoms with Crippen molar-refractivity contribution in [2.24, 2.45) is 0 Å². The first-order chi connectivity index (χ1) is 15.0. The first-order valence-corrected chi connectivity index (χ1v) is 10.1. The van der Waals surface area contributed by atoms with Gasteiger partial charge in [-0.15, -0.1) is 0 Å². The van der Waals surface area contributed by atoms with Gasteiger partial charge in [0.05, 0.1) is 25.3 Å². The molecule has 1 aliphatic heterocycles. The van der Waals surface area contributed by atoms with Crippen LogP contribution in [-0.4, -0.2) is 28.8 Å². The Labute approximate surface area is 185 Å². The summed E-state index contributed by atoms with van der Waals surface area (Å²) in [6.07, 6.45) is 0. The zero-order valence-corrected chi connectivity index (χ0v) is 17.5. The molecule has 1 unspecified atom stereocenters. The molecule has 3 aromatic rings. The fourth-order valence-corrected chi connectivity index (χ4v) is 3.93. The van der Waals surface area contributed by atoms with Crippen molar-refractivity contribution < 1.29 is 19.4 Å². The van der Waals surface area contributed by atoms with Gasteiger partial charge in [0.1, 0.15) is 11.5 Å². The first-order valence-electron chi connectivity index (χ1n) is 9.72. The maximum Gasteiger partial charge on any atom is 0.295 e. The van der Waals surface area contributed by atoms with E-state index in [9.17, 15) is 14.7 Å². The molecule has 4 rings (SSSR count). The van der Waals surface area contributed by atoms with Crippen LogP contribution in [0.25, 0.3) is 5.76 Å². The molecule has 31 heavy (non-hydrogen) atoms. The maximum absolute atomic E-state index is 13.1. The smallest absolute Gasteiger partial charge is 0.295 e. The number of aliphatic hydroxyl groups is 1. The van der Waals surface area contributed by atoms with Crippen LogP contribution in [0.15, 0.2) is 84.4 Å². The van der Waals surface area contributed by atoms with Gasteiger partial charge in [0, 0.05) is 16.1 Å². The van der Waals surface area contributed by atoms with Crippen LogP contribution >= 0.6 is 11.6 Å². The molecule has 0 bridgehead atoms. The number of aliphatic hydroxyl groups excluding tert-OH is 1. The number of rotatable bonds is 5. The molecule has 6 heteroatoms. The Morgan fingerprint density at radius 1 is 0.968 bits per heavy atom. The predicted molar refractivity (Wildman–Crippen MR) is 119 cm³/mol. The average Bonchev–Trinajstić information content (AvgIpc) is 3.05. The van der Waals surface area contributed by atoms with Gasteiger partial charge in [0.25, 0.3) is 11.7 Å². The molecule has 1 saturated heterocycles. The van der Waals surface area contributed by atoms with Crippen molar-refractivity contribution in [3.8, 4) is 5.75 Å². The zero-order chi connectivity index (χ0) is 22.0. The lowest BCUT2D eigenvalue weighted by Crippen LogP contribution is -2.29. The monoisotopic (exact) mass is 433 g/mol. The maximum atomic E-state index is 13.1. The topological polar surface area (TPSA) is 66.8 Å². The number of hydrogen-bond acceptors (Lipinski definition) is 4. The summed E-state index contributed by atoms with van der Waals surface area (Å²) in [5, 5.41) is 11.5. The Hall–Kier alpha value is -3.57. The molecule has 156 valence electrons. The Kier molecular flexibility index (Phi) is 5.78. The Bertz CT molecular complexity index is 1160. The number of halogens is 1. The predicted octanol–water partition coefficient (Wildman–Crippen LogP) is 4.97. The fraction of sp³-hybridized carbons (Fsp3) is 0.120. The van der Waals surface area contributed by atoms with E-state index in [4.69, 9.17) is 16.3 Å². The highest BCUT2D eigenvalue weighted by Crippen LogP contribution is 2.41. The number of Topliss-reactive ketones (excluding diaryl/α,β-unsaturated/α-hetero) is 1. The molecule has 0 radical (unpaired) electrons. The molecule has 0 aliphatic carbocycles. The molecule has 1 atom stereocenters. The number of benzene rings is 3. The summed E-state index contributed by atoms with van der Waals surface area (Å²) in [7, 11) is 1.55. The van der Waals surface area contributed by atoms with Crippen LogP contribution in [0.5, 0.6) is 5.75 Å². The van der Waals surface area contributed by atoms with Gasteiger partial charge in [-0.2, -0.15) is 0 Å². The van der Waals surface area contributed by atoms with Gasteiger partial charge >= 0.3 is 0 Å². The SMILES string of the molecule is COc1ccccc1CN1C(=O)C(=O)/C(=C(/O)c2ccccc2)C1c1ccc(Cl)cc1. The largest absolute Gasteiger partial charge is 0.507 e. The van der Waals surface area contributed by atoms with E-state index in [1.807, 2.05) is 24.3 Å². The second-order valence-electron chi connectivity index (χ2n) is 7.16. The molecule has 1 heterocycles. The van der Waals surface area contributed by atoms with Crippen LogP contribution in [0.1, 0.15) is 22.7 Å². The lowest BCUT2D eigenvalue weighted by Gasteiger charge is -2.26. The first kappa shape index (κ1) is 20.7. The van der Waals surface area contributed by atoms with Crippen LogP contribution < -0.4 is 4.74 Å². The Morgan fingerprint density at radius 2 is 1.61 bits per heavy atom. The summed E-state index contributed by atoms with van der Waals surface area (Å²) < 4.78 is 5.42. The van der Waals surface area contributed by atoms with Crippen LogP contribution in [-0.2, 0) is 16.1 Å². The van der Waals surface area contributed by atoms with E-state index in [0.717, 1.165) is 5.56 Å². The van der Waals surface area contributed by atoms with Gasteiger partial charge in [-0.1, -0.05) is 72.3 Å². The number of carbonyl (C=O) groups excluding carboxylic acids is 2. The summed E-state index contributed by atoms with van der Waals surface area (Å²) >= 11 is 6.05. The quantitative estimate of drug-likeness (QED) is 0.350.